The second kappa shape index (κ2) is 8.34. The van der Waals surface area contributed by atoms with Crippen molar-refractivity contribution in [1.29, 1.82) is 0 Å². The summed E-state index contributed by atoms with van der Waals surface area (Å²) < 4.78 is 44.5. The molecular weight excluding hydrogens is 419 g/mol. The second-order valence-corrected chi connectivity index (χ2v) is 7.48. The Morgan fingerprint density at radius 1 is 1.17 bits per heavy atom. The summed E-state index contributed by atoms with van der Waals surface area (Å²) in [6.45, 7) is 8.17. The third-order valence-electron chi connectivity index (χ3n) is 5.24. The van der Waals surface area contributed by atoms with Crippen molar-refractivity contribution in [3.05, 3.63) is 50.9 Å². The molecule has 1 aromatic carbocycles. The largest absolute Gasteiger partial charge is 0.573 e. The summed E-state index contributed by atoms with van der Waals surface area (Å²) in [5.41, 5.74) is 2.44. The molecule has 0 aliphatic carbocycles. The highest BCUT2D eigenvalue weighted by Crippen LogP contribution is 2.33. The molecule has 9 heteroatoms. The van der Waals surface area contributed by atoms with Gasteiger partial charge in [0.15, 0.2) is 5.82 Å². The number of nitrogens with zero attached hydrogens (tertiary/aromatic N) is 3. The highest BCUT2D eigenvalue weighted by atomic mass is 35.5. The molecule has 0 saturated heterocycles. The lowest BCUT2D eigenvalue weighted by molar-refractivity contribution is -0.274. The van der Waals surface area contributed by atoms with Gasteiger partial charge in [-0.3, -0.25) is 9.36 Å². The van der Waals surface area contributed by atoms with Crippen LogP contribution in [0, 0.1) is 6.92 Å². The number of hydrogen-bond acceptors (Lipinski definition) is 3. The van der Waals surface area contributed by atoms with E-state index in [4.69, 9.17) is 11.6 Å². The summed E-state index contributed by atoms with van der Waals surface area (Å²) in [5.74, 6) is 0.0889. The summed E-state index contributed by atoms with van der Waals surface area (Å²) in [6, 6.07) is 5.58. The Morgan fingerprint density at radius 2 is 1.83 bits per heavy atom. The molecule has 0 amide bonds. The zero-order valence-corrected chi connectivity index (χ0v) is 17.9. The molecule has 0 radical (unpaired) electrons. The number of aryl methyl sites for hydroxylation is 1. The molecule has 3 rings (SSSR count). The van der Waals surface area contributed by atoms with Crippen LogP contribution in [0.2, 0.25) is 5.02 Å². The van der Waals surface area contributed by atoms with Crippen molar-refractivity contribution in [1.82, 2.24) is 14.2 Å². The van der Waals surface area contributed by atoms with E-state index in [9.17, 15) is 18.0 Å². The van der Waals surface area contributed by atoms with Crippen molar-refractivity contribution >= 4 is 17.1 Å². The third-order valence-corrected chi connectivity index (χ3v) is 5.55. The standard InChI is InChI=1S/C21H23ClF3N3O2/c1-5-13(6-2)16-10-12(4)28-18(16)20(29)27(7-3)19(26-28)15-9-8-14(11-17(15)22)30-21(23,24)25/h8-11,13H,5-7H2,1-4H3. The molecule has 0 aliphatic rings. The first kappa shape index (κ1) is 22.2. The minimum absolute atomic E-state index is 0.00947. The van der Waals surface area contributed by atoms with E-state index in [1.807, 2.05) is 19.9 Å². The van der Waals surface area contributed by atoms with E-state index < -0.39 is 12.1 Å². The number of rotatable bonds is 6. The SMILES string of the molecule is CCC(CC)c1cc(C)n2nc(-c3ccc(OC(F)(F)F)cc3Cl)n(CC)c(=O)c12. The lowest BCUT2D eigenvalue weighted by Crippen LogP contribution is -2.26. The summed E-state index contributed by atoms with van der Waals surface area (Å²) >= 11 is 6.25. The van der Waals surface area contributed by atoms with Crippen molar-refractivity contribution in [3.8, 4) is 17.1 Å². The van der Waals surface area contributed by atoms with E-state index in [0.29, 0.717) is 17.6 Å². The molecule has 5 nitrogen and oxygen atoms in total. The van der Waals surface area contributed by atoms with E-state index in [1.165, 1.54) is 10.6 Å². The third kappa shape index (κ3) is 4.05. The maximum atomic E-state index is 13.4. The number of hydrogen-bond donors (Lipinski definition) is 0. The number of alkyl halides is 3. The van der Waals surface area contributed by atoms with Crippen molar-refractivity contribution in [2.24, 2.45) is 0 Å². The molecule has 3 aromatic rings. The van der Waals surface area contributed by atoms with Gasteiger partial charge in [0.05, 0.1) is 5.02 Å². The molecule has 0 fully saturated rings. The molecule has 30 heavy (non-hydrogen) atoms. The van der Waals surface area contributed by atoms with Crippen molar-refractivity contribution in [2.45, 2.75) is 59.4 Å². The first-order chi connectivity index (χ1) is 14.1. The van der Waals surface area contributed by atoms with Gasteiger partial charge in [-0.15, -0.1) is 18.3 Å². The first-order valence-electron chi connectivity index (χ1n) is 9.79. The normalized spacial score (nSPS) is 12.2. The van der Waals surface area contributed by atoms with Gasteiger partial charge in [-0.25, -0.2) is 4.52 Å². The topological polar surface area (TPSA) is 48.5 Å². The Kier molecular flexibility index (Phi) is 6.17. The van der Waals surface area contributed by atoms with Crippen LogP contribution >= 0.6 is 11.6 Å². The number of aromatic nitrogens is 3. The van der Waals surface area contributed by atoms with Crippen LogP contribution < -0.4 is 10.3 Å². The van der Waals surface area contributed by atoms with Crippen LogP contribution in [-0.2, 0) is 6.54 Å². The summed E-state index contributed by atoms with van der Waals surface area (Å²) in [7, 11) is 0. The van der Waals surface area contributed by atoms with E-state index in [1.54, 1.807) is 4.52 Å². The maximum absolute atomic E-state index is 13.4. The van der Waals surface area contributed by atoms with Crippen molar-refractivity contribution < 1.29 is 17.9 Å². The highest BCUT2D eigenvalue weighted by molar-refractivity contribution is 6.33. The minimum Gasteiger partial charge on any atom is -0.406 e. The van der Waals surface area contributed by atoms with Crippen LogP contribution in [0.25, 0.3) is 16.9 Å². The van der Waals surface area contributed by atoms with Gasteiger partial charge in [-0.2, -0.15) is 0 Å². The average Bonchev–Trinajstić information content (AvgIpc) is 2.98. The van der Waals surface area contributed by atoms with Crippen LogP contribution in [-0.4, -0.2) is 20.5 Å². The van der Waals surface area contributed by atoms with Gasteiger partial charge >= 0.3 is 6.36 Å². The monoisotopic (exact) mass is 441 g/mol. The number of fused-ring (bicyclic) bond motifs is 1. The quantitative estimate of drug-likeness (QED) is 0.475. The molecule has 0 spiro atoms. The van der Waals surface area contributed by atoms with E-state index in [2.05, 4.69) is 23.7 Å². The van der Waals surface area contributed by atoms with Crippen LogP contribution in [0.4, 0.5) is 13.2 Å². The number of benzene rings is 1. The summed E-state index contributed by atoms with van der Waals surface area (Å²) in [5, 5.41) is 4.65. The van der Waals surface area contributed by atoms with Gasteiger partial charge < -0.3 is 4.74 Å². The summed E-state index contributed by atoms with van der Waals surface area (Å²) in [4.78, 5) is 13.4. The zero-order chi connectivity index (χ0) is 22.2. The molecule has 0 atom stereocenters. The van der Waals surface area contributed by atoms with Crippen LogP contribution in [0.1, 0.15) is 50.8 Å². The fourth-order valence-corrected chi connectivity index (χ4v) is 4.03. The van der Waals surface area contributed by atoms with Crippen LogP contribution in [0.15, 0.2) is 29.1 Å². The van der Waals surface area contributed by atoms with Gasteiger partial charge in [-0.1, -0.05) is 25.4 Å². The Morgan fingerprint density at radius 3 is 2.37 bits per heavy atom. The fourth-order valence-electron chi connectivity index (χ4n) is 3.78. The minimum atomic E-state index is -4.82. The van der Waals surface area contributed by atoms with Crippen molar-refractivity contribution in [3.63, 3.8) is 0 Å². The molecular formula is C21H23ClF3N3O2. The van der Waals surface area contributed by atoms with E-state index in [-0.39, 0.29) is 22.3 Å². The van der Waals surface area contributed by atoms with Gasteiger partial charge in [0.1, 0.15) is 11.3 Å². The Bertz CT molecular complexity index is 1130. The van der Waals surface area contributed by atoms with Gasteiger partial charge in [-0.05, 0) is 62.4 Å². The average molecular weight is 442 g/mol. The Balaban J connectivity index is 2.23. The molecule has 0 bridgehead atoms. The van der Waals surface area contributed by atoms with Gasteiger partial charge in [0.25, 0.3) is 5.56 Å². The molecule has 162 valence electrons. The van der Waals surface area contributed by atoms with Crippen LogP contribution in [0.5, 0.6) is 5.75 Å². The van der Waals surface area contributed by atoms with Gasteiger partial charge in [0.2, 0.25) is 0 Å². The molecule has 0 N–H and O–H groups in total. The highest BCUT2D eigenvalue weighted by Gasteiger charge is 2.31. The maximum Gasteiger partial charge on any atom is 0.573 e. The molecule has 0 aliphatic heterocycles. The lowest BCUT2D eigenvalue weighted by Gasteiger charge is -2.16. The number of halogens is 4. The Hall–Kier alpha value is -2.48. The fraction of sp³-hybridized carbons (Fsp3) is 0.429. The Labute approximate surface area is 177 Å². The van der Waals surface area contributed by atoms with Crippen LogP contribution in [0.3, 0.4) is 0 Å². The molecule has 2 aromatic heterocycles. The van der Waals surface area contributed by atoms with E-state index in [0.717, 1.165) is 36.2 Å². The zero-order valence-electron chi connectivity index (χ0n) is 17.2. The smallest absolute Gasteiger partial charge is 0.406 e. The predicted octanol–water partition coefficient (Wildman–Crippen LogP) is 5.95. The summed E-state index contributed by atoms with van der Waals surface area (Å²) in [6.07, 6.45) is -3.02. The molecule has 2 heterocycles. The van der Waals surface area contributed by atoms with E-state index >= 15 is 0 Å². The van der Waals surface area contributed by atoms with Crippen molar-refractivity contribution in [2.75, 3.05) is 0 Å². The molecule has 0 saturated carbocycles. The predicted molar refractivity (Wildman–Crippen MR) is 110 cm³/mol. The first-order valence-corrected chi connectivity index (χ1v) is 10.2. The molecule has 0 unspecified atom stereocenters. The number of ether oxygens (including phenoxy) is 1. The lowest BCUT2D eigenvalue weighted by atomic mass is 9.95. The van der Waals surface area contributed by atoms with Gasteiger partial charge in [0, 0.05) is 17.8 Å². The second-order valence-electron chi connectivity index (χ2n) is 7.08.